The van der Waals surface area contributed by atoms with Crippen molar-refractivity contribution in [2.24, 2.45) is 0 Å². The van der Waals surface area contributed by atoms with E-state index in [-0.39, 0.29) is 23.6 Å². The fraction of sp³-hybridized carbons (Fsp3) is 0.375. The van der Waals surface area contributed by atoms with E-state index >= 15 is 0 Å². The van der Waals surface area contributed by atoms with E-state index in [1.54, 1.807) is 16.9 Å². The number of nitrogens with zero attached hydrogens (tertiary/aromatic N) is 3. The number of Topliss-reactive ketones (excluding diaryl/α,β-unsaturated/α-hetero) is 1. The van der Waals surface area contributed by atoms with Gasteiger partial charge in [0.2, 0.25) is 0 Å². The van der Waals surface area contributed by atoms with Crippen molar-refractivity contribution in [1.82, 2.24) is 14.8 Å². The molecule has 0 bridgehead atoms. The minimum absolute atomic E-state index is 0.0564. The first kappa shape index (κ1) is 21.8. The lowest BCUT2D eigenvalue weighted by molar-refractivity contribution is -0.118. The van der Waals surface area contributed by atoms with Crippen LogP contribution in [0, 0.1) is 5.82 Å². The Hall–Kier alpha value is -2.86. The van der Waals surface area contributed by atoms with Crippen LogP contribution in [0.1, 0.15) is 49.8 Å². The molecule has 0 atom stereocenters. The normalized spacial score (nSPS) is 11.6. The van der Waals surface area contributed by atoms with E-state index in [1.165, 1.54) is 12.1 Å². The molecule has 0 aliphatic rings. The quantitative estimate of drug-likeness (QED) is 0.611. The summed E-state index contributed by atoms with van der Waals surface area (Å²) in [6, 6.07) is 12.0. The molecular formula is C24H28FN3O2. The van der Waals surface area contributed by atoms with E-state index in [9.17, 15) is 9.18 Å². The van der Waals surface area contributed by atoms with E-state index in [2.05, 4.69) is 25.8 Å². The number of carbonyl (C=O) groups is 1. The van der Waals surface area contributed by atoms with Crippen LogP contribution in [0.3, 0.4) is 0 Å². The van der Waals surface area contributed by atoms with Crippen molar-refractivity contribution in [3.05, 3.63) is 77.1 Å². The minimum atomic E-state index is -0.320. The highest BCUT2D eigenvalue weighted by Gasteiger charge is 2.21. The van der Waals surface area contributed by atoms with E-state index in [4.69, 9.17) is 10.2 Å². The Labute approximate surface area is 176 Å². The molecule has 0 saturated carbocycles. The van der Waals surface area contributed by atoms with Crippen molar-refractivity contribution in [1.29, 1.82) is 0 Å². The Morgan fingerprint density at radius 1 is 1.13 bits per heavy atom. The maximum atomic E-state index is 13.7. The van der Waals surface area contributed by atoms with Gasteiger partial charge in [-0.05, 0) is 42.3 Å². The molecule has 2 aromatic heterocycles. The van der Waals surface area contributed by atoms with Crippen molar-refractivity contribution in [2.75, 3.05) is 6.61 Å². The molecule has 158 valence electrons. The van der Waals surface area contributed by atoms with Crippen molar-refractivity contribution < 1.29 is 14.3 Å². The third-order valence-electron chi connectivity index (χ3n) is 4.92. The average Bonchev–Trinajstić information content (AvgIpc) is 3.13. The fourth-order valence-electron chi connectivity index (χ4n) is 3.20. The Kier molecular flexibility index (Phi) is 6.77. The van der Waals surface area contributed by atoms with E-state index in [0.717, 1.165) is 22.6 Å². The molecule has 2 heterocycles. The third kappa shape index (κ3) is 5.60. The summed E-state index contributed by atoms with van der Waals surface area (Å²) in [6.45, 7) is 6.29. The third-order valence-corrected chi connectivity index (χ3v) is 4.92. The smallest absolute Gasteiger partial charge is 0.137 e. The summed E-state index contributed by atoms with van der Waals surface area (Å²) in [4.78, 5) is 16.8. The first-order valence-electron chi connectivity index (χ1n) is 10.2. The number of ketones is 1. The number of pyridine rings is 1. The predicted molar refractivity (Wildman–Crippen MR) is 114 cm³/mol. The van der Waals surface area contributed by atoms with E-state index in [0.29, 0.717) is 31.4 Å². The molecular weight excluding hydrogens is 381 g/mol. The number of hydrogen-bond donors (Lipinski definition) is 1. The molecule has 0 saturated heterocycles. The molecule has 1 N–H and O–H groups in total. The van der Waals surface area contributed by atoms with Crippen LogP contribution in [0.15, 0.2) is 48.7 Å². The van der Waals surface area contributed by atoms with Gasteiger partial charge in [0.15, 0.2) is 0 Å². The topological polar surface area (TPSA) is 68.0 Å². The number of aliphatic hydroxyl groups is 1. The maximum absolute atomic E-state index is 13.7. The SMILES string of the molecule is CC(C)(C)c1cc(CCC(=O)Cc2ccc(CCO)nc2)n(-c2cccc(F)c2)n1. The monoisotopic (exact) mass is 409 g/mol. The number of rotatable bonds is 8. The van der Waals surface area contributed by atoms with Crippen LogP contribution >= 0.6 is 0 Å². The molecule has 1 aromatic carbocycles. The summed E-state index contributed by atoms with van der Waals surface area (Å²) in [7, 11) is 0. The molecule has 0 spiro atoms. The summed E-state index contributed by atoms with van der Waals surface area (Å²) in [5, 5.41) is 13.7. The molecule has 0 unspecified atom stereocenters. The van der Waals surface area contributed by atoms with Gasteiger partial charge in [-0.15, -0.1) is 0 Å². The molecule has 0 amide bonds. The van der Waals surface area contributed by atoms with Crippen LogP contribution in [0.25, 0.3) is 5.69 Å². The van der Waals surface area contributed by atoms with Crippen LogP contribution in [-0.2, 0) is 29.5 Å². The van der Waals surface area contributed by atoms with Crippen molar-refractivity contribution >= 4 is 5.78 Å². The molecule has 5 nitrogen and oxygen atoms in total. The predicted octanol–water partition coefficient (Wildman–Crippen LogP) is 3.98. The van der Waals surface area contributed by atoms with Crippen molar-refractivity contribution in [3.63, 3.8) is 0 Å². The van der Waals surface area contributed by atoms with Gasteiger partial charge in [0.25, 0.3) is 0 Å². The number of benzene rings is 1. The lowest BCUT2D eigenvalue weighted by Gasteiger charge is -2.14. The Balaban J connectivity index is 1.73. The van der Waals surface area contributed by atoms with Gasteiger partial charge in [-0.1, -0.05) is 32.9 Å². The van der Waals surface area contributed by atoms with Gasteiger partial charge in [-0.25, -0.2) is 9.07 Å². The highest BCUT2D eigenvalue weighted by Crippen LogP contribution is 2.25. The van der Waals surface area contributed by atoms with E-state index in [1.807, 2.05) is 24.3 Å². The number of hydrogen-bond acceptors (Lipinski definition) is 4. The largest absolute Gasteiger partial charge is 0.396 e. The minimum Gasteiger partial charge on any atom is -0.396 e. The first-order chi connectivity index (χ1) is 14.3. The van der Waals surface area contributed by atoms with Crippen LogP contribution < -0.4 is 0 Å². The van der Waals surface area contributed by atoms with Crippen LogP contribution in [0.4, 0.5) is 4.39 Å². The van der Waals surface area contributed by atoms with Gasteiger partial charge in [-0.2, -0.15) is 5.10 Å². The maximum Gasteiger partial charge on any atom is 0.137 e. The van der Waals surface area contributed by atoms with E-state index < -0.39 is 0 Å². The van der Waals surface area contributed by atoms with Crippen molar-refractivity contribution in [2.45, 2.75) is 51.9 Å². The Morgan fingerprint density at radius 3 is 2.57 bits per heavy atom. The van der Waals surface area contributed by atoms with Gasteiger partial charge < -0.3 is 5.11 Å². The molecule has 0 aliphatic heterocycles. The molecule has 6 heteroatoms. The summed E-state index contributed by atoms with van der Waals surface area (Å²) in [6.07, 6.45) is 3.40. The second-order valence-corrected chi connectivity index (χ2v) is 8.51. The highest BCUT2D eigenvalue weighted by molar-refractivity contribution is 5.81. The molecule has 3 rings (SSSR count). The number of aliphatic hydroxyl groups excluding tert-OH is 1. The van der Waals surface area contributed by atoms with Gasteiger partial charge >= 0.3 is 0 Å². The summed E-state index contributed by atoms with van der Waals surface area (Å²) in [5.74, 6) is -0.213. The van der Waals surface area contributed by atoms with Gasteiger partial charge in [0.05, 0.1) is 11.4 Å². The molecule has 0 aliphatic carbocycles. The average molecular weight is 410 g/mol. The Bertz CT molecular complexity index is 1000. The lowest BCUT2D eigenvalue weighted by Crippen LogP contribution is -2.12. The van der Waals surface area contributed by atoms with Crippen LogP contribution in [0.2, 0.25) is 0 Å². The highest BCUT2D eigenvalue weighted by atomic mass is 19.1. The van der Waals surface area contributed by atoms with Gasteiger partial charge in [0, 0.05) is 48.9 Å². The number of aryl methyl sites for hydroxylation is 1. The van der Waals surface area contributed by atoms with Crippen LogP contribution in [0.5, 0.6) is 0 Å². The second kappa shape index (κ2) is 9.30. The summed E-state index contributed by atoms with van der Waals surface area (Å²) >= 11 is 0. The molecule has 30 heavy (non-hydrogen) atoms. The summed E-state index contributed by atoms with van der Waals surface area (Å²) < 4.78 is 15.5. The van der Waals surface area contributed by atoms with Crippen LogP contribution in [-0.4, -0.2) is 32.3 Å². The Morgan fingerprint density at radius 2 is 1.93 bits per heavy atom. The zero-order chi connectivity index (χ0) is 21.7. The fourth-order valence-corrected chi connectivity index (χ4v) is 3.20. The van der Waals surface area contributed by atoms with Gasteiger partial charge in [-0.3, -0.25) is 9.78 Å². The first-order valence-corrected chi connectivity index (χ1v) is 10.2. The molecule has 0 fully saturated rings. The lowest BCUT2D eigenvalue weighted by atomic mass is 9.92. The second-order valence-electron chi connectivity index (χ2n) is 8.51. The zero-order valence-electron chi connectivity index (χ0n) is 17.7. The standard InChI is InChI=1S/C24H28FN3O2/c1-24(2,3)23-15-21(28(27-23)20-6-4-5-18(25)14-20)9-10-22(30)13-17-7-8-19(11-12-29)26-16-17/h4-8,14-16,29H,9-13H2,1-3H3. The summed E-state index contributed by atoms with van der Waals surface area (Å²) in [5.41, 5.74) is 3.95. The number of halogens is 1. The molecule has 3 aromatic rings. The van der Waals surface area contributed by atoms with Gasteiger partial charge in [0.1, 0.15) is 11.6 Å². The molecule has 0 radical (unpaired) electrons. The van der Waals surface area contributed by atoms with Crippen molar-refractivity contribution in [3.8, 4) is 5.69 Å². The zero-order valence-corrected chi connectivity index (χ0v) is 17.7. The number of aromatic nitrogens is 3. The number of carbonyl (C=O) groups excluding carboxylic acids is 1.